The molecule has 4 aromatic rings. The number of fused-ring (bicyclic) bond motifs is 1. The number of benzene rings is 3. The van der Waals surface area contributed by atoms with E-state index in [1.807, 2.05) is 42.5 Å². The van der Waals surface area contributed by atoms with Crippen molar-refractivity contribution in [2.24, 2.45) is 4.99 Å². The number of H-pyrrole nitrogens is 1. The number of ether oxygens (including phenoxy) is 1. The summed E-state index contributed by atoms with van der Waals surface area (Å²) in [6.45, 7) is 2.01. The van der Waals surface area contributed by atoms with Crippen molar-refractivity contribution in [3.8, 4) is 5.88 Å². The predicted molar refractivity (Wildman–Crippen MR) is 146 cm³/mol. The summed E-state index contributed by atoms with van der Waals surface area (Å²) in [5, 5.41) is 11.7. The molecule has 0 amide bonds. The van der Waals surface area contributed by atoms with Gasteiger partial charge >= 0.3 is 5.97 Å². The lowest BCUT2D eigenvalue weighted by Crippen LogP contribution is -2.23. The van der Waals surface area contributed by atoms with Crippen LogP contribution in [-0.4, -0.2) is 68.0 Å². The summed E-state index contributed by atoms with van der Waals surface area (Å²) in [4.78, 5) is 24.4. The number of anilines is 1. The highest BCUT2D eigenvalue weighted by Gasteiger charge is 2.20. The van der Waals surface area contributed by atoms with Crippen molar-refractivity contribution < 1.29 is 14.6 Å². The Morgan fingerprint density at radius 2 is 1.67 bits per heavy atom. The first-order chi connectivity index (χ1) is 17.4. The number of nitrogens with zero attached hydrogens (tertiary/aromatic N) is 3. The fraction of sp³-hybridized carbons (Fsp3) is 0.241. The van der Waals surface area contributed by atoms with Crippen molar-refractivity contribution in [3.63, 3.8) is 0 Å². The molecule has 0 aliphatic heterocycles. The lowest BCUT2D eigenvalue weighted by Gasteiger charge is -2.20. The molecule has 2 N–H and O–H groups in total. The smallest absolute Gasteiger partial charge is 0.337 e. The molecule has 3 aromatic carbocycles. The zero-order valence-electron chi connectivity index (χ0n) is 21.2. The number of hydrogen-bond acceptors (Lipinski definition) is 6. The van der Waals surface area contributed by atoms with Gasteiger partial charge in [0.05, 0.1) is 29.6 Å². The molecule has 36 heavy (non-hydrogen) atoms. The minimum atomic E-state index is -0.434. The summed E-state index contributed by atoms with van der Waals surface area (Å²) in [7, 11) is 7.61. The molecule has 0 aliphatic rings. The van der Waals surface area contributed by atoms with Crippen molar-refractivity contribution in [1.82, 2.24) is 9.88 Å². The lowest BCUT2D eigenvalue weighted by atomic mass is 10.00. The Kier molecular flexibility index (Phi) is 7.71. The van der Waals surface area contributed by atoms with Gasteiger partial charge in [0.25, 0.3) is 0 Å². The summed E-state index contributed by atoms with van der Waals surface area (Å²) in [6, 6.07) is 23.0. The lowest BCUT2D eigenvalue weighted by molar-refractivity contribution is 0.0601. The molecule has 0 radical (unpaired) electrons. The number of rotatable bonds is 9. The Bertz CT molecular complexity index is 1360. The highest BCUT2D eigenvalue weighted by atomic mass is 16.5. The molecule has 0 spiro atoms. The van der Waals surface area contributed by atoms with Gasteiger partial charge in [-0.25, -0.2) is 9.79 Å². The highest BCUT2D eigenvalue weighted by Crippen LogP contribution is 2.32. The number of aromatic nitrogens is 1. The number of carbonyl (C=O) groups excluding carboxylic acids is 1. The first-order valence-corrected chi connectivity index (χ1v) is 11.9. The van der Waals surface area contributed by atoms with Crippen molar-refractivity contribution >= 4 is 34.0 Å². The third kappa shape index (κ3) is 5.58. The topological polar surface area (TPSA) is 81.2 Å². The SMILES string of the molecule is COC(=O)c1ccc2c(C(=Nc3ccc(N(C)CCCN(C)C)cc3)c3ccccc3)c(O)[nH]c2c1. The van der Waals surface area contributed by atoms with Gasteiger partial charge in [-0.3, -0.25) is 0 Å². The summed E-state index contributed by atoms with van der Waals surface area (Å²) < 4.78 is 4.83. The van der Waals surface area contributed by atoms with Gasteiger partial charge in [-0.15, -0.1) is 0 Å². The summed E-state index contributed by atoms with van der Waals surface area (Å²) in [5.74, 6) is -0.442. The van der Waals surface area contributed by atoms with Gasteiger partial charge in [0, 0.05) is 35.7 Å². The van der Waals surface area contributed by atoms with E-state index in [4.69, 9.17) is 9.73 Å². The molecule has 0 aliphatic carbocycles. The average molecular weight is 485 g/mol. The minimum absolute atomic E-state index is 0.00753. The van der Waals surface area contributed by atoms with Crippen LogP contribution < -0.4 is 4.90 Å². The van der Waals surface area contributed by atoms with E-state index in [9.17, 15) is 9.90 Å². The Morgan fingerprint density at radius 3 is 2.33 bits per heavy atom. The number of esters is 1. The summed E-state index contributed by atoms with van der Waals surface area (Å²) >= 11 is 0. The Balaban J connectivity index is 1.72. The number of aromatic hydroxyl groups is 1. The molecule has 0 bridgehead atoms. The maximum absolute atomic E-state index is 12.0. The molecule has 0 saturated heterocycles. The van der Waals surface area contributed by atoms with Gasteiger partial charge in [-0.1, -0.05) is 36.4 Å². The van der Waals surface area contributed by atoms with E-state index in [0.29, 0.717) is 22.4 Å². The third-order valence-electron chi connectivity index (χ3n) is 6.11. The molecule has 186 valence electrons. The number of aliphatic imine (C=N–C) groups is 1. The van der Waals surface area contributed by atoms with Crippen LogP contribution in [0, 0.1) is 0 Å². The normalized spacial score (nSPS) is 11.8. The van der Waals surface area contributed by atoms with Crippen LogP contribution >= 0.6 is 0 Å². The molecule has 0 unspecified atom stereocenters. The van der Waals surface area contributed by atoms with Gasteiger partial charge in [0.2, 0.25) is 0 Å². The molecular formula is C29H32N4O3. The van der Waals surface area contributed by atoms with Crippen LogP contribution in [0.25, 0.3) is 10.9 Å². The Morgan fingerprint density at radius 1 is 0.944 bits per heavy atom. The number of aromatic amines is 1. The van der Waals surface area contributed by atoms with Crippen LogP contribution in [0.15, 0.2) is 77.8 Å². The van der Waals surface area contributed by atoms with E-state index in [2.05, 4.69) is 48.1 Å². The standard InChI is InChI=1S/C29H32N4O3/c1-32(2)17-8-18-33(3)23-14-12-22(13-15-23)30-27(20-9-6-5-7-10-20)26-24-16-11-21(29(35)36-4)19-25(24)31-28(26)34/h5-7,9-16,19,31,34H,8,17-18H2,1-4H3. The van der Waals surface area contributed by atoms with E-state index < -0.39 is 5.97 Å². The van der Waals surface area contributed by atoms with Crippen LogP contribution in [0.5, 0.6) is 5.88 Å². The van der Waals surface area contributed by atoms with E-state index in [1.54, 1.807) is 18.2 Å². The molecule has 7 nitrogen and oxygen atoms in total. The maximum atomic E-state index is 12.0. The van der Waals surface area contributed by atoms with Gasteiger partial charge in [-0.2, -0.15) is 0 Å². The predicted octanol–water partition coefficient (Wildman–Crippen LogP) is 5.22. The summed E-state index contributed by atoms with van der Waals surface area (Å²) in [5.41, 5.74) is 5.02. The molecule has 4 rings (SSSR count). The Hall–Kier alpha value is -4.10. The zero-order chi connectivity index (χ0) is 25.7. The molecule has 1 heterocycles. The monoisotopic (exact) mass is 484 g/mol. The van der Waals surface area contributed by atoms with Crippen molar-refractivity contribution in [1.29, 1.82) is 0 Å². The fourth-order valence-corrected chi connectivity index (χ4v) is 4.19. The molecule has 0 atom stereocenters. The fourth-order valence-electron chi connectivity index (χ4n) is 4.19. The minimum Gasteiger partial charge on any atom is -0.494 e. The second-order valence-electron chi connectivity index (χ2n) is 9.02. The van der Waals surface area contributed by atoms with Crippen molar-refractivity contribution in [3.05, 3.63) is 89.5 Å². The molecule has 0 fully saturated rings. The van der Waals surface area contributed by atoms with E-state index in [-0.39, 0.29) is 5.88 Å². The summed E-state index contributed by atoms with van der Waals surface area (Å²) in [6.07, 6.45) is 1.08. The van der Waals surface area contributed by atoms with Crippen LogP contribution in [0.2, 0.25) is 0 Å². The molecule has 0 saturated carbocycles. The van der Waals surface area contributed by atoms with Crippen LogP contribution in [0.3, 0.4) is 0 Å². The van der Waals surface area contributed by atoms with E-state index in [1.165, 1.54) is 7.11 Å². The Labute approximate surface area is 211 Å². The van der Waals surface area contributed by atoms with Crippen molar-refractivity contribution in [2.75, 3.05) is 46.2 Å². The number of hydrogen-bond donors (Lipinski definition) is 2. The van der Waals surface area contributed by atoms with Gasteiger partial charge in [0.15, 0.2) is 5.88 Å². The number of methoxy groups -OCH3 is 1. The third-order valence-corrected chi connectivity index (χ3v) is 6.11. The van der Waals surface area contributed by atoms with Gasteiger partial charge in [-0.05, 0) is 63.5 Å². The maximum Gasteiger partial charge on any atom is 0.337 e. The van der Waals surface area contributed by atoms with E-state index >= 15 is 0 Å². The van der Waals surface area contributed by atoms with E-state index in [0.717, 1.165) is 41.8 Å². The molecule has 1 aromatic heterocycles. The highest BCUT2D eigenvalue weighted by molar-refractivity contribution is 6.22. The first kappa shape index (κ1) is 25.0. The molecule has 7 heteroatoms. The van der Waals surface area contributed by atoms with Gasteiger partial charge < -0.3 is 24.6 Å². The second-order valence-corrected chi connectivity index (χ2v) is 9.02. The van der Waals surface area contributed by atoms with Crippen molar-refractivity contribution in [2.45, 2.75) is 6.42 Å². The first-order valence-electron chi connectivity index (χ1n) is 11.9. The average Bonchev–Trinajstić information content (AvgIpc) is 3.22. The second kappa shape index (κ2) is 11.1. The van der Waals surface area contributed by atoms with Crippen LogP contribution in [0.1, 0.15) is 27.9 Å². The van der Waals surface area contributed by atoms with Crippen LogP contribution in [-0.2, 0) is 4.74 Å². The number of nitrogens with one attached hydrogen (secondary N) is 1. The number of carbonyl (C=O) groups is 1. The zero-order valence-corrected chi connectivity index (χ0v) is 21.2. The largest absolute Gasteiger partial charge is 0.494 e. The quantitative estimate of drug-likeness (QED) is 0.252. The van der Waals surface area contributed by atoms with Gasteiger partial charge in [0.1, 0.15) is 0 Å². The molecular weight excluding hydrogens is 452 g/mol. The van der Waals surface area contributed by atoms with Crippen LogP contribution in [0.4, 0.5) is 11.4 Å².